The molecule has 0 radical (unpaired) electrons. The van der Waals surface area contributed by atoms with Gasteiger partial charge in [-0.3, -0.25) is 10.1 Å². The predicted octanol–water partition coefficient (Wildman–Crippen LogP) is 3.21. The van der Waals surface area contributed by atoms with E-state index in [2.05, 4.69) is 36.5 Å². The van der Waals surface area contributed by atoms with Gasteiger partial charge in [0, 0.05) is 11.5 Å². The van der Waals surface area contributed by atoms with Crippen molar-refractivity contribution in [3.05, 3.63) is 44.7 Å². The molecule has 1 heterocycles. The van der Waals surface area contributed by atoms with E-state index in [4.69, 9.17) is 0 Å². The SMILES string of the molecule is CNc1ncnc(Nc2c(F)cc(Br)cc2F)c1[N+](=O)[O-]. The van der Waals surface area contributed by atoms with Gasteiger partial charge in [0.15, 0.2) is 11.6 Å². The van der Waals surface area contributed by atoms with Gasteiger partial charge >= 0.3 is 5.69 Å². The maximum absolute atomic E-state index is 13.8. The molecule has 0 atom stereocenters. The average Bonchev–Trinajstić information content (AvgIpc) is 2.42. The van der Waals surface area contributed by atoms with Gasteiger partial charge < -0.3 is 10.6 Å². The fourth-order valence-corrected chi connectivity index (χ4v) is 2.01. The summed E-state index contributed by atoms with van der Waals surface area (Å²) in [5.41, 5.74) is -1.05. The number of halogens is 3. The quantitative estimate of drug-likeness (QED) is 0.643. The molecule has 7 nitrogen and oxygen atoms in total. The summed E-state index contributed by atoms with van der Waals surface area (Å²) in [4.78, 5) is 17.7. The first-order valence-electron chi connectivity index (χ1n) is 5.52. The molecular weight excluding hydrogens is 352 g/mol. The Morgan fingerprint density at radius 1 is 1.24 bits per heavy atom. The summed E-state index contributed by atoms with van der Waals surface area (Å²) < 4.78 is 27.7. The first kappa shape index (κ1) is 15.0. The fraction of sp³-hybridized carbons (Fsp3) is 0.0909. The van der Waals surface area contributed by atoms with Gasteiger partial charge in [-0.15, -0.1) is 0 Å². The van der Waals surface area contributed by atoms with E-state index in [0.717, 1.165) is 18.5 Å². The number of nitrogens with one attached hydrogen (secondary N) is 2. The molecule has 0 aliphatic carbocycles. The Bertz CT molecular complexity index is 690. The Morgan fingerprint density at radius 3 is 2.33 bits per heavy atom. The lowest BCUT2D eigenvalue weighted by Crippen LogP contribution is -2.07. The highest BCUT2D eigenvalue weighted by atomic mass is 79.9. The van der Waals surface area contributed by atoms with Crippen molar-refractivity contribution in [3.8, 4) is 0 Å². The summed E-state index contributed by atoms with van der Waals surface area (Å²) in [6, 6.07) is 2.05. The zero-order valence-electron chi connectivity index (χ0n) is 10.5. The molecule has 10 heteroatoms. The third-order valence-corrected chi connectivity index (χ3v) is 2.95. The molecule has 1 aromatic carbocycles. The van der Waals surface area contributed by atoms with E-state index in [1.54, 1.807) is 0 Å². The smallest absolute Gasteiger partial charge is 0.353 e. The Kier molecular flexibility index (Phi) is 4.26. The van der Waals surface area contributed by atoms with Crippen LogP contribution in [0.5, 0.6) is 0 Å². The van der Waals surface area contributed by atoms with Crippen molar-refractivity contribution in [1.29, 1.82) is 0 Å². The molecule has 1 aromatic heterocycles. The molecular formula is C11H8BrF2N5O2. The van der Waals surface area contributed by atoms with Crippen LogP contribution in [0.3, 0.4) is 0 Å². The van der Waals surface area contributed by atoms with Crippen LogP contribution in [0.25, 0.3) is 0 Å². The number of anilines is 3. The highest BCUT2D eigenvalue weighted by molar-refractivity contribution is 9.10. The van der Waals surface area contributed by atoms with Crippen LogP contribution >= 0.6 is 15.9 Å². The Hall–Kier alpha value is -2.36. The molecule has 110 valence electrons. The largest absolute Gasteiger partial charge is 0.367 e. The molecule has 0 spiro atoms. The zero-order valence-corrected chi connectivity index (χ0v) is 12.1. The molecule has 21 heavy (non-hydrogen) atoms. The number of nitro groups is 1. The second kappa shape index (κ2) is 5.95. The minimum absolute atomic E-state index is 0.0737. The molecule has 0 bridgehead atoms. The summed E-state index contributed by atoms with van der Waals surface area (Å²) in [5, 5.41) is 15.9. The number of aromatic nitrogens is 2. The number of rotatable bonds is 4. The fourth-order valence-electron chi connectivity index (χ4n) is 1.61. The van der Waals surface area contributed by atoms with Crippen LogP contribution in [-0.4, -0.2) is 21.9 Å². The zero-order chi connectivity index (χ0) is 15.6. The summed E-state index contributed by atoms with van der Waals surface area (Å²) >= 11 is 2.94. The van der Waals surface area contributed by atoms with Crippen LogP contribution in [0.2, 0.25) is 0 Å². The number of hydrogen-bond donors (Lipinski definition) is 2. The average molecular weight is 360 g/mol. The van der Waals surface area contributed by atoms with Gasteiger partial charge in [0.05, 0.1) is 4.92 Å². The molecule has 2 aromatic rings. The topological polar surface area (TPSA) is 93.0 Å². The van der Waals surface area contributed by atoms with Crippen LogP contribution in [0.4, 0.5) is 31.8 Å². The summed E-state index contributed by atoms with van der Waals surface area (Å²) in [6.45, 7) is 0. The molecule has 0 fully saturated rings. The van der Waals surface area contributed by atoms with Crippen molar-refractivity contribution in [2.75, 3.05) is 17.7 Å². The van der Waals surface area contributed by atoms with E-state index in [0.29, 0.717) is 0 Å². The van der Waals surface area contributed by atoms with E-state index in [-0.39, 0.29) is 16.1 Å². The monoisotopic (exact) mass is 359 g/mol. The Balaban J connectivity index is 2.52. The first-order valence-corrected chi connectivity index (χ1v) is 6.32. The van der Waals surface area contributed by atoms with Crippen LogP contribution in [0.1, 0.15) is 0 Å². The summed E-state index contributed by atoms with van der Waals surface area (Å²) in [6.07, 6.45) is 1.04. The van der Waals surface area contributed by atoms with Crippen molar-refractivity contribution in [2.24, 2.45) is 0 Å². The van der Waals surface area contributed by atoms with E-state index in [1.165, 1.54) is 7.05 Å². The molecule has 0 aliphatic heterocycles. The third-order valence-electron chi connectivity index (χ3n) is 2.49. The normalized spacial score (nSPS) is 10.3. The van der Waals surface area contributed by atoms with Crippen LogP contribution in [0, 0.1) is 21.7 Å². The lowest BCUT2D eigenvalue weighted by molar-refractivity contribution is -0.383. The maximum atomic E-state index is 13.8. The molecule has 0 amide bonds. The third kappa shape index (κ3) is 3.05. The van der Waals surface area contributed by atoms with E-state index >= 15 is 0 Å². The lowest BCUT2D eigenvalue weighted by Gasteiger charge is -2.10. The van der Waals surface area contributed by atoms with Crippen LogP contribution < -0.4 is 10.6 Å². The van der Waals surface area contributed by atoms with Gasteiger partial charge in [0.1, 0.15) is 12.0 Å². The first-order chi connectivity index (χ1) is 9.93. The van der Waals surface area contributed by atoms with E-state index in [9.17, 15) is 18.9 Å². The molecule has 0 unspecified atom stereocenters. The van der Waals surface area contributed by atoms with Crippen LogP contribution in [0.15, 0.2) is 22.9 Å². The van der Waals surface area contributed by atoms with Gasteiger partial charge in [0.25, 0.3) is 0 Å². The lowest BCUT2D eigenvalue weighted by atomic mass is 10.3. The van der Waals surface area contributed by atoms with Gasteiger partial charge in [-0.1, -0.05) is 15.9 Å². The van der Waals surface area contributed by atoms with E-state index < -0.39 is 27.9 Å². The molecule has 2 N–H and O–H groups in total. The van der Waals surface area contributed by atoms with Gasteiger partial charge in [0.2, 0.25) is 11.6 Å². The maximum Gasteiger partial charge on any atom is 0.353 e. The number of nitrogens with zero attached hydrogens (tertiary/aromatic N) is 3. The minimum Gasteiger partial charge on any atom is -0.367 e. The van der Waals surface area contributed by atoms with Gasteiger partial charge in [-0.05, 0) is 12.1 Å². The highest BCUT2D eigenvalue weighted by Crippen LogP contribution is 2.33. The van der Waals surface area contributed by atoms with Crippen molar-refractivity contribution in [1.82, 2.24) is 9.97 Å². The van der Waals surface area contributed by atoms with Crippen molar-refractivity contribution in [3.63, 3.8) is 0 Å². The molecule has 0 saturated heterocycles. The standard InChI is InChI=1S/C11H8BrF2N5O2/c1-15-10-9(19(20)21)11(17-4-16-10)18-8-6(13)2-5(12)3-7(8)14/h2-4H,1H3,(H2,15,16,17,18). The Morgan fingerprint density at radius 2 is 1.81 bits per heavy atom. The molecule has 0 aliphatic rings. The number of benzene rings is 1. The summed E-state index contributed by atoms with van der Waals surface area (Å²) in [7, 11) is 1.43. The highest BCUT2D eigenvalue weighted by Gasteiger charge is 2.24. The van der Waals surface area contributed by atoms with Crippen molar-refractivity contribution in [2.45, 2.75) is 0 Å². The van der Waals surface area contributed by atoms with Crippen LogP contribution in [-0.2, 0) is 0 Å². The van der Waals surface area contributed by atoms with E-state index in [1.807, 2.05) is 0 Å². The minimum atomic E-state index is -0.916. The van der Waals surface area contributed by atoms with Gasteiger partial charge in [-0.2, -0.15) is 0 Å². The van der Waals surface area contributed by atoms with Crippen molar-refractivity contribution < 1.29 is 13.7 Å². The Labute approximate surface area is 125 Å². The second-order valence-corrected chi connectivity index (χ2v) is 4.71. The predicted molar refractivity (Wildman–Crippen MR) is 75.6 cm³/mol. The molecule has 0 saturated carbocycles. The number of hydrogen-bond acceptors (Lipinski definition) is 6. The van der Waals surface area contributed by atoms with Crippen molar-refractivity contribution >= 4 is 38.9 Å². The van der Waals surface area contributed by atoms with Gasteiger partial charge in [-0.25, -0.2) is 18.7 Å². The second-order valence-electron chi connectivity index (χ2n) is 3.80. The summed E-state index contributed by atoms with van der Waals surface area (Å²) in [5.74, 6) is -2.23. The molecule has 2 rings (SSSR count).